The van der Waals surface area contributed by atoms with Crippen LogP contribution in [0.5, 0.6) is 0 Å². The molecule has 1 aliphatic carbocycles. The molecule has 0 atom stereocenters. The van der Waals surface area contributed by atoms with Crippen molar-refractivity contribution in [1.82, 2.24) is 0 Å². The van der Waals surface area contributed by atoms with Gasteiger partial charge in [-0.2, -0.15) is 0 Å². The Labute approximate surface area is 25.0 Å². The van der Waals surface area contributed by atoms with Crippen LogP contribution in [0.4, 0.5) is 0 Å². The molecular weight excluding hydrogens is 46.8 g/mol. The fourth-order valence-corrected chi connectivity index (χ4v) is 0.250. The molecule has 0 radical (unpaired) electrons. The van der Waals surface area contributed by atoms with Crippen LogP contribution in [-0.2, 0) is 0 Å². The van der Waals surface area contributed by atoms with E-state index in [-0.39, 0.29) is 0 Å². The summed E-state index contributed by atoms with van der Waals surface area (Å²) >= 11 is 0. The van der Waals surface area contributed by atoms with Crippen LogP contribution < -0.4 is 0 Å². The van der Waals surface area contributed by atoms with Crippen LogP contribution in [0.1, 0.15) is 0 Å². The standard InChI is InChI=1S/C3HB/c1-2-3(1)4-2/h1H. The molecule has 0 nitrogen and oxygen atoms in total. The van der Waals surface area contributed by atoms with Crippen LogP contribution in [0, 0.1) is 0 Å². The third-order valence-electron chi connectivity index (χ3n) is 0.789. The number of rotatable bonds is 0. The molecule has 0 saturated carbocycles. The van der Waals surface area contributed by atoms with Crippen LogP contribution in [0.15, 0.2) is 11.5 Å². The van der Waals surface area contributed by atoms with Crippen LogP contribution in [-0.4, -0.2) is 12.4 Å². The molecule has 0 aromatic carbocycles. The van der Waals surface area contributed by atoms with E-state index in [2.05, 4.69) is 13.0 Å². The first-order chi connectivity index (χ1) is 1.97. The van der Waals surface area contributed by atoms with E-state index < -0.39 is 0 Å². The minimum absolute atomic E-state index is 1.50. The summed E-state index contributed by atoms with van der Waals surface area (Å²) in [4.78, 5) is 0. The van der Waals surface area contributed by atoms with Crippen molar-refractivity contribution in [2.45, 2.75) is 0 Å². The first-order valence-electron chi connectivity index (χ1n) is 1.40. The molecule has 2 rings (SSSR count). The van der Waals surface area contributed by atoms with Crippen molar-refractivity contribution >= 4 is 12.4 Å². The summed E-state index contributed by atoms with van der Waals surface area (Å²) in [6.45, 7) is 2.17. The Kier molecular flexibility index (Phi) is 0.0383. The van der Waals surface area contributed by atoms with Gasteiger partial charge in [-0.15, -0.1) is 0 Å². The molecule has 4 heavy (non-hydrogen) atoms. The molecule has 0 aromatic heterocycles. The van der Waals surface area contributed by atoms with Crippen molar-refractivity contribution < 1.29 is 0 Å². The Hall–Kier alpha value is -0.325. The van der Waals surface area contributed by atoms with Crippen molar-refractivity contribution in [2.75, 3.05) is 0 Å². The molecule has 0 saturated heterocycles. The zero-order valence-corrected chi connectivity index (χ0v) is 2.15. The van der Waals surface area contributed by atoms with Gasteiger partial charge < -0.3 is 0 Å². The molecule has 1 heterocycles. The summed E-state index contributed by atoms with van der Waals surface area (Å²) in [5, 5.41) is 0. The summed E-state index contributed by atoms with van der Waals surface area (Å²) in [5.74, 6) is 0. The van der Waals surface area contributed by atoms with Gasteiger partial charge >= 0.3 is 23.9 Å². The van der Waals surface area contributed by atoms with E-state index >= 15 is 0 Å². The van der Waals surface area contributed by atoms with Gasteiger partial charge in [0.05, 0.1) is 0 Å². The molecular formula is C3HB. The Morgan fingerprint density at radius 1 is 1.75 bits per heavy atom. The summed E-state index contributed by atoms with van der Waals surface area (Å²) in [6, 6.07) is 0. The summed E-state index contributed by atoms with van der Waals surface area (Å²) < 4.78 is 0. The van der Waals surface area contributed by atoms with Crippen LogP contribution in [0.25, 0.3) is 0 Å². The fourth-order valence-electron chi connectivity index (χ4n) is 0.250. The predicted octanol–water partition coefficient (Wildman–Crippen LogP) is -0.226. The van der Waals surface area contributed by atoms with Crippen LogP contribution in [0.3, 0.4) is 0 Å². The zero-order chi connectivity index (χ0) is 2.57. The Morgan fingerprint density at radius 2 is 2.00 bits per heavy atom. The Bertz CT molecular complexity index is 97.7. The summed E-state index contributed by atoms with van der Waals surface area (Å²) in [6.07, 6.45) is 2.17. The molecule has 1 aliphatic heterocycles. The van der Waals surface area contributed by atoms with Gasteiger partial charge in [0.15, 0.2) is 0 Å². The molecule has 0 fully saturated rings. The SMILES string of the molecule is B1=C2C=C12. The van der Waals surface area contributed by atoms with Crippen molar-refractivity contribution in [3.8, 4) is 0 Å². The van der Waals surface area contributed by atoms with Gasteiger partial charge in [-0.05, 0) is 0 Å². The third kappa shape index (κ3) is 0.0130. The van der Waals surface area contributed by atoms with E-state index in [1.54, 1.807) is 0 Å². The van der Waals surface area contributed by atoms with Crippen LogP contribution >= 0.6 is 0 Å². The van der Waals surface area contributed by atoms with Crippen molar-refractivity contribution in [3.63, 3.8) is 0 Å². The minimum atomic E-state index is 1.50. The molecule has 0 amide bonds. The predicted molar refractivity (Wildman–Crippen MR) is 18.8 cm³/mol. The molecule has 0 aromatic rings. The van der Waals surface area contributed by atoms with Gasteiger partial charge in [0.25, 0.3) is 0 Å². The maximum absolute atomic E-state index is 2.17. The molecule has 0 spiro atoms. The van der Waals surface area contributed by atoms with E-state index in [9.17, 15) is 0 Å². The van der Waals surface area contributed by atoms with E-state index in [0.717, 1.165) is 0 Å². The van der Waals surface area contributed by atoms with Crippen molar-refractivity contribution in [3.05, 3.63) is 11.5 Å². The van der Waals surface area contributed by atoms with Gasteiger partial charge in [-0.3, -0.25) is 0 Å². The molecule has 16 valence electrons. The maximum atomic E-state index is 2.17. The van der Waals surface area contributed by atoms with Crippen molar-refractivity contribution in [2.24, 2.45) is 0 Å². The molecule has 2 aliphatic rings. The van der Waals surface area contributed by atoms with Gasteiger partial charge in [-0.25, -0.2) is 0 Å². The number of hydrogen-bond donors (Lipinski definition) is 0. The molecule has 1 heteroatoms. The quantitative estimate of drug-likeness (QED) is 0.332. The zero-order valence-electron chi connectivity index (χ0n) is 2.15. The first-order valence-corrected chi connectivity index (χ1v) is 1.40. The molecule has 0 N–H and O–H groups in total. The number of fused-ring (bicyclic) bond motifs is 1. The normalized spacial score (nSPS) is 24.0. The second kappa shape index (κ2) is 0.127. The van der Waals surface area contributed by atoms with Gasteiger partial charge in [0, 0.05) is 0 Å². The summed E-state index contributed by atoms with van der Waals surface area (Å²) in [7, 11) is 0. The van der Waals surface area contributed by atoms with Crippen LogP contribution in [0.2, 0.25) is 0 Å². The monoisotopic (exact) mass is 48.0 g/mol. The van der Waals surface area contributed by atoms with Gasteiger partial charge in [0.2, 0.25) is 0 Å². The molecule has 0 unspecified atom stereocenters. The Balaban J connectivity index is 3.10. The average Bonchev–Trinajstić information content (AvgIpc) is 1.36. The molecule has 0 bridgehead atoms. The van der Waals surface area contributed by atoms with E-state index in [1.165, 1.54) is 10.9 Å². The second-order valence-electron chi connectivity index (χ2n) is 1.20. The number of allylic oxidation sites excluding steroid dienone is 2. The topological polar surface area (TPSA) is 0 Å². The second-order valence-corrected chi connectivity index (χ2v) is 1.20. The van der Waals surface area contributed by atoms with E-state index in [4.69, 9.17) is 0 Å². The third-order valence-corrected chi connectivity index (χ3v) is 0.789. The Morgan fingerprint density at radius 3 is 2.00 bits per heavy atom. The summed E-state index contributed by atoms with van der Waals surface area (Å²) in [5.41, 5.74) is 3.00. The van der Waals surface area contributed by atoms with Gasteiger partial charge in [-0.1, -0.05) is 0 Å². The average molecular weight is 47.9 g/mol. The number of hydrogen-bond acceptors (Lipinski definition) is 0. The van der Waals surface area contributed by atoms with E-state index in [1.807, 2.05) is 0 Å². The van der Waals surface area contributed by atoms with E-state index in [0.29, 0.717) is 0 Å². The van der Waals surface area contributed by atoms with Gasteiger partial charge in [0.1, 0.15) is 0 Å². The first kappa shape index (κ1) is 1.20. The fraction of sp³-hybridized carbons (Fsp3) is 0. The van der Waals surface area contributed by atoms with Crippen molar-refractivity contribution in [1.29, 1.82) is 0 Å².